The van der Waals surface area contributed by atoms with Crippen LogP contribution in [0.15, 0.2) is 6.07 Å². The van der Waals surface area contributed by atoms with Crippen molar-refractivity contribution in [1.82, 2.24) is 9.97 Å². The van der Waals surface area contributed by atoms with E-state index in [0.717, 1.165) is 30.2 Å². The van der Waals surface area contributed by atoms with Gasteiger partial charge in [-0.15, -0.1) is 0 Å². The highest BCUT2D eigenvalue weighted by atomic mass is 16.5. The summed E-state index contributed by atoms with van der Waals surface area (Å²) in [5, 5.41) is 3.53. The van der Waals surface area contributed by atoms with E-state index in [1.54, 1.807) is 14.2 Å². The van der Waals surface area contributed by atoms with Crippen LogP contribution in [0.1, 0.15) is 43.6 Å². The Morgan fingerprint density at radius 1 is 1.20 bits per heavy atom. The Kier molecular flexibility index (Phi) is 5.73. The second-order valence-corrected chi connectivity index (χ2v) is 5.41. The maximum atomic E-state index is 5.63. The van der Waals surface area contributed by atoms with Crippen LogP contribution in [0.3, 0.4) is 0 Å². The van der Waals surface area contributed by atoms with Crippen molar-refractivity contribution in [2.75, 3.05) is 19.5 Å². The predicted octanol–water partition coefficient (Wildman–Crippen LogP) is 2.69. The largest absolute Gasteiger partial charge is 0.379 e. The van der Waals surface area contributed by atoms with Crippen LogP contribution in [-0.2, 0) is 16.1 Å². The molecular weight excluding hydrogens is 254 g/mol. The molecule has 2 rings (SSSR count). The highest BCUT2D eigenvalue weighted by Crippen LogP contribution is 2.23. The van der Waals surface area contributed by atoms with Gasteiger partial charge in [-0.05, 0) is 19.8 Å². The second-order valence-electron chi connectivity index (χ2n) is 5.41. The lowest BCUT2D eigenvalue weighted by atomic mass is 10.1. The van der Waals surface area contributed by atoms with E-state index in [1.165, 1.54) is 19.3 Å². The second kappa shape index (κ2) is 7.55. The van der Waals surface area contributed by atoms with Crippen LogP contribution in [0, 0.1) is 6.92 Å². The number of anilines is 1. The van der Waals surface area contributed by atoms with E-state index in [4.69, 9.17) is 9.47 Å². The Bertz CT molecular complexity index is 426. The molecule has 1 aliphatic carbocycles. The Hall–Kier alpha value is -1.20. The maximum Gasteiger partial charge on any atom is 0.156 e. The lowest BCUT2D eigenvalue weighted by Crippen LogP contribution is -2.34. The number of nitrogens with zero attached hydrogens (tertiary/aromatic N) is 2. The van der Waals surface area contributed by atoms with Crippen molar-refractivity contribution in [2.24, 2.45) is 0 Å². The van der Waals surface area contributed by atoms with Crippen molar-refractivity contribution in [1.29, 1.82) is 0 Å². The summed E-state index contributed by atoms with van der Waals surface area (Å²) < 4.78 is 10.7. The van der Waals surface area contributed by atoms with Gasteiger partial charge in [0.15, 0.2) is 5.82 Å². The van der Waals surface area contributed by atoms with E-state index >= 15 is 0 Å². The minimum atomic E-state index is 0.263. The number of nitrogens with one attached hydrogen (secondary N) is 1. The van der Waals surface area contributed by atoms with Gasteiger partial charge in [-0.25, -0.2) is 9.97 Å². The van der Waals surface area contributed by atoms with Crippen LogP contribution in [0.25, 0.3) is 0 Å². The van der Waals surface area contributed by atoms with Crippen LogP contribution in [0.5, 0.6) is 0 Å². The Morgan fingerprint density at radius 3 is 2.75 bits per heavy atom. The molecule has 1 N–H and O–H groups in total. The molecule has 0 spiro atoms. The molecule has 0 amide bonds. The minimum Gasteiger partial charge on any atom is -0.379 e. The van der Waals surface area contributed by atoms with Crippen molar-refractivity contribution in [3.05, 3.63) is 17.6 Å². The van der Waals surface area contributed by atoms with Crippen LogP contribution < -0.4 is 5.32 Å². The Morgan fingerprint density at radius 2 is 2.00 bits per heavy atom. The number of hydrogen-bond donors (Lipinski definition) is 1. The van der Waals surface area contributed by atoms with E-state index in [9.17, 15) is 0 Å². The first-order chi connectivity index (χ1) is 9.72. The molecule has 0 saturated heterocycles. The molecule has 1 heterocycles. The molecule has 1 saturated carbocycles. The molecule has 1 fully saturated rings. The van der Waals surface area contributed by atoms with Gasteiger partial charge >= 0.3 is 0 Å². The van der Waals surface area contributed by atoms with Gasteiger partial charge in [0.2, 0.25) is 0 Å². The smallest absolute Gasteiger partial charge is 0.156 e. The van der Waals surface area contributed by atoms with Gasteiger partial charge < -0.3 is 14.8 Å². The van der Waals surface area contributed by atoms with Crippen LogP contribution in [0.4, 0.5) is 5.82 Å². The monoisotopic (exact) mass is 279 g/mol. The number of hydrogen-bond acceptors (Lipinski definition) is 5. The highest BCUT2D eigenvalue weighted by molar-refractivity contribution is 5.37. The molecule has 2 atom stereocenters. The molecule has 112 valence electrons. The fraction of sp³-hybridized carbons (Fsp3) is 0.733. The number of rotatable bonds is 5. The summed E-state index contributed by atoms with van der Waals surface area (Å²) in [6.07, 6.45) is 6.28. The SMILES string of the molecule is COCc1nc(C)cc(N[C@H]2CCCCC[C@@H]2OC)n1. The summed E-state index contributed by atoms with van der Waals surface area (Å²) in [7, 11) is 3.46. The first kappa shape index (κ1) is 15.2. The molecule has 0 radical (unpaired) electrons. The van der Waals surface area contributed by atoms with E-state index in [0.29, 0.717) is 12.6 Å². The molecule has 20 heavy (non-hydrogen) atoms. The standard InChI is InChI=1S/C15H25N3O2/c1-11-9-14(18-15(16-11)10-19-2)17-12-7-5-4-6-8-13(12)20-3/h9,12-13H,4-8,10H2,1-3H3,(H,16,17,18)/t12-,13-/m0/s1. The fourth-order valence-electron chi connectivity index (χ4n) is 2.81. The van der Waals surface area contributed by atoms with Gasteiger partial charge in [0.1, 0.15) is 12.4 Å². The Labute approximate surface area is 121 Å². The lowest BCUT2D eigenvalue weighted by Gasteiger charge is -2.25. The molecule has 5 heteroatoms. The van der Waals surface area contributed by atoms with E-state index < -0.39 is 0 Å². The van der Waals surface area contributed by atoms with Crippen molar-refractivity contribution >= 4 is 5.82 Å². The van der Waals surface area contributed by atoms with E-state index in [2.05, 4.69) is 15.3 Å². The lowest BCUT2D eigenvalue weighted by molar-refractivity contribution is 0.0805. The normalized spacial score (nSPS) is 23.4. The first-order valence-electron chi connectivity index (χ1n) is 7.35. The predicted molar refractivity (Wildman–Crippen MR) is 78.8 cm³/mol. The quantitative estimate of drug-likeness (QED) is 0.840. The molecule has 1 aliphatic rings. The number of ether oxygens (including phenoxy) is 2. The third-order valence-corrected chi connectivity index (χ3v) is 3.76. The molecule has 0 aromatic carbocycles. The first-order valence-corrected chi connectivity index (χ1v) is 7.35. The van der Waals surface area contributed by atoms with Gasteiger partial charge in [0, 0.05) is 26.0 Å². The third-order valence-electron chi connectivity index (χ3n) is 3.76. The molecule has 1 aromatic rings. The number of aromatic nitrogens is 2. The molecule has 0 unspecified atom stereocenters. The average molecular weight is 279 g/mol. The topological polar surface area (TPSA) is 56.3 Å². The molecule has 0 bridgehead atoms. The summed E-state index contributed by atoms with van der Waals surface area (Å²) in [5.74, 6) is 1.59. The average Bonchev–Trinajstić information content (AvgIpc) is 2.63. The molecule has 0 aliphatic heterocycles. The molecular formula is C15H25N3O2. The summed E-state index contributed by atoms with van der Waals surface area (Å²) in [6.45, 7) is 2.42. The number of methoxy groups -OCH3 is 2. The van der Waals surface area contributed by atoms with Gasteiger partial charge in [-0.1, -0.05) is 19.3 Å². The van der Waals surface area contributed by atoms with Crippen LogP contribution in [0.2, 0.25) is 0 Å². The summed E-state index contributed by atoms with van der Waals surface area (Å²) in [4.78, 5) is 8.88. The van der Waals surface area contributed by atoms with Crippen LogP contribution >= 0.6 is 0 Å². The number of aryl methyl sites for hydroxylation is 1. The summed E-state index contributed by atoms with van der Waals surface area (Å²) in [6, 6.07) is 2.31. The zero-order valence-corrected chi connectivity index (χ0v) is 12.7. The highest BCUT2D eigenvalue weighted by Gasteiger charge is 2.23. The molecule has 5 nitrogen and oxygen atoms in total. The summed E-state index contributed by atoms with van der Waals surface area (Å²) >= 11 is 0. The van der Waals surface area contributed by atoms with E-state index in [1.807, 2.05) is 13.0 Å². The zero-order valence-electron chi connectivity index (χ0n) is 12.7. The van der Waals surface area contributed by atoms with E-state index in [-0.39, 0.29) is 6.10 Å². The van der Waals surface area contributed by atoms with Gasteiger partial charge in [-0.3, -0.25) is 0 Å². The van der Waals surface area contributed by atoms with Gasteiger partial charge in [-0.2, -0.15) is 0 Å². The fourth-order valence-corrected chi connectivity index (χ4v) is 2.81. The molecule has 1 aromatic heterocycles. The maximum absolute atomic E-state index is 5.63. The zero-order chi connectivity index (χ0) is 14.4. The van der Waals surface area contributed by atoms with Crippen molar-refractivity contribution < 1.29 is 9.47 Å². The minimum absolute atomic E-state index is 0.263. The third kappa shape index (κ3) is 4.15. The van der Waals surface area contributed by atoms with Crippen molar-refractivity contribution in [3.8, 4) is 0 Å². The van der Waals surface area contributed by atoms with Crippen molar-refractivity contribution in [2.45, 2.75) is 57.8 Å². The van der Waals surface area contributed by atoms with Gasteiger partial charge in [0.25, 0.3) is 0 Å². The van der Waals surface area contributed by atoms with Crippen LogP contribution in [-0.4, -0.2) is 36.3 Å². The summed E-state index contributed by atoms with van der Waals surface area (Å²) in [5.41, 5.74) is 0.956. The van der Waals surface area contributed by atoms with Gasteiger partial charge in [0.05, 0.1) is 12.1 Å². The Balaban J connectivity index is 2.10. The van der Waals surface area contributed by atoms with Crippen molar-refractivity contribution in [3.63, 3.8) is 0 Å².